The first-order valence-electron chi connectivity index (χ1n) is 4.69. The first kappa shape index (κ1) is 10.4. The summed E-state index contributed by atoms with van der Waals surface area (Å²) in [7, 11) is 0. The first-order valence-corrected chi connectivity index (χ1v) is 4.69. The van der Waals surface area contributed by atoms with Gasteiger partial charge in [-0.15, -0.1) is 0 Å². The fourth-order valence-corrected chi connectivity index (χ4v) is 1.43. The minimum Gasteiger partial charge on any atom is -0.330 e. The van der Waals surface area contributed by atoms with Crippen molar-refractivity contribution >= 4 is 5.91 Å². The second-order valence-electron chi connectivity index (χ2n) is 3.28. The number of hydrogen-bond acceptors (Lipinski definition) is 4. The summed E-state index contributed by atoms with van der Waals surface area (Å²) in [5.74, 6) is -0.128. The van der Waals surface area contributed by atoms with Gasteiger partial charge in [0.1, 0.15) is 0 Å². The van der Waals surface area contributed by atoms with E-state index in [1.54, 1.807) is 4.90 Å². The molecule has 0 aliphatic carbocycles. The number of carbonyl (C=O) groups excluding carboxylic acids is 1. The van der Waals surface area contributed by atoms with Gasteiger partial charge in [0.05, 0.1) is 12.6 Å². The zero-order chi connectivity index (χ0) is 9.68. The molecule has 13 heavy (non-hydrogen) atoms. The van der Waals surface area contributed by atoms with E-state index in [0.29, 0.717) is 19.8 Å². The molecule has 0 aromatic rings. The molecule has 5 N–H and O–H groups in total. The van der Waals surface area contributed by atoms with Crippen molar-refractivity contribution in [3.8, 4) is 0 Å². The molecule has 76 valence electrons. The van der Waals surface area contributed by atoms with Gasteiger partial charge in [0.2, 0.25) is 5.91 Å². The van der Waals surface area contributed by atoms with Crippen LogP contribution in [0.5, 0.6) is 0 Å². The standard InChI is InChI=1S/C8H18N4O/c9-4-7(5-10)8(13)12-3-1-2-11-6-12/h7,11H,1-6,9-10H2. The van der Waals surface area contributed by atoms with E-state index in [1.807, 2.05) is 0 Å². The maximum absolute atomic E-state index is 11.7. The van der Waals surface area contributed by atoms with Gasteiger partial charge < -0.3 is 16.4 Å². The average molecular weight is 186 g/mol. The lowest BCUT2D eigenvalue weighted by atomic mass is 10.1. The maximum atomic E-state index is 11.7. The van der Waals surface area contributed by atoms with E-state index in [0.717, 1.165) is 19.5 Å². The predicted molar refractivity (Wildman–Crippen MR) is 50.8 cm³/mol. The molecule has 0 saturated carbocycles. The Hall–Kier alpha value is -0.650. The number of hydrogen-bond donors (Lipinski definition) is 3. The quantitative estimate of drug-likeness (QED) is 0.490. The van der Waals surface area contributed by atoms with Crippen molar-refractivity contribution in [2.45, 2.75) is 6.42 Å². The second-order valence-corrected chi connectivity index (χ2v) is 3.28. The molecule has 0 bridgehead atoms. The molecule has 0 spiro atoms. The zero-order valence-corrected chi connectivity index (χ0v) is 7.83. The number of nitrogens with one attached hydrogen (secondary N) is 1. The Morgan fingerprint density at radius 2 is 2.15 bits per heavy atom. The Morgan fingerprint density at radius 1 is 1.46 bits per heavy atom. The molecule has 0 unspecified atom stereocenters. The van der Waals surface area contributed by atoms with Crippen LogP contribution in [0.25, 0.3) is 0 Å². The molecule has 0 aromatic carbocycles. The van der Waals surface area contributed by atoms with E-state index >= 15 is 0 Å². The van der Waals surface area contributed by atoms with Crippen LogP contribution in [0, 0.1) is 5.92 Å². The Labute approximate surface area is 78.4 Å². The van der Waals surface area contributed by atoms with E-state index in [-0.39, 0.29) is 11.8 Å². The number of amides is 1. The lowest BCUT2D eigenvalue weighted by molar-refractivity contribution is -0.136. The van der Waals surface area contributed by atoms with Crippen molar-refractivity contribution in [2.24, 2.45) is 17.4 Å². The van der Waals surface area contributed by atoms with Crippen molar-refractivity contribution in [2.75, 3.05) is 32.8 Å². The molecule has 0 atom stereocenters. The van der Waals surface area contributed by atoms with Crippen LogP contribution in [0.1, 0.15) is 6.42 Å². The van der Waals surface area contributed by atoms with Crippen LogP contribution in [0.15, 0.2) is 0 Å². The molecule has 0 aromatic heterocycles. The summed E-state index contributed by atoms with van der Waals surface area (Å²) in [6, 6.07) is 0. The van der Waals surface area contributed by atoms with Gasteiger partial charge in [0.25, 0.3) is 0 Å². The highest BCUT2D eigenvalue weighted by Gasteiger charge is 2.22. The van der Waals surface area contributed by atoms with Gasteiger partial charge in [-0.2, -0.15) is 0 Å². The van der Waals surface area contributed by atoms with Gasteiger partial charge >= 0.3 is 0 Å². The Morgan fingerprint density at radius 3 is 2.62 bits per heavy atom. The number of nitrogens with zero attached hydrogens (tertiary/aromatic N) is 1. The molecule has 1 saturated heterocycles. The highest BCUT2D eigenvalue weighted by atomic mass is 16.2. The van der Waals surface area contributed by atoms with Gasteiger partial charge in [0.15, 0.2) is 0 Å². The van der Waals surface area contributed by atoms with E-state index < -0.39 is 0 Å². The normalized spacial score (nSPS) is 17.9. The summed E-state index contributed by atoms with van der Waals surface area (Å²) in [6.07, 6.45) is 1.01. The van der Waals surface area contributed by atoms with Crippen LogP contribution in [0.2, 0.25) is 0 Å². The topological polar surface area (TPSA) is 84.4 Å². The predicted octanol–water partition coefficient (Wildman–Crippen LogP) is -1.70. The third kappa shape index (κ3) is 2.65. The van der Waals surface area contributed by atoms with Crippen molar-refractivity contribution in [1.82, 2.24) is 10.2 Å². The minimum atomic E-state index is -0.208. The third-order valence-electron chi connectivity index (χ3n) is 2.31. The molecule has 1 fully saturated rings. The lowest BCUT2D eigenvalue weighted by Gasteiger charge is -2.30. The van der Waals surface area contributed by atoms with Gasteiger partial charge in [-0.1, -0.05) is 0 Å². The van der Waals surface area contributed by atoms with Crippen molar-refractivity contribution in [3.63, 3.8) is 0 Å². The molecule has 1 rings (SSSR count). The summed E-state index contributed by atoms with van der Waals surface area (Å²) in [5.41, 5.74) is 10.9. The summed E-state index contributed by atoms with van der Waals surface area (Å²) in [6.45, 7) is 3.12. The molecule has 5 nitrogen and oxygen atoms in total. The smallest absolute Gasteiger partial charge is 0.229 e. The average Bonchev–Trinajstić information content (AvgIpc) is 2.21. The molecule has 0 radical (unpaired) electrons. The molecule has 1 aliphatic heterocycles. The summed E-state index contributed by atoms with van der Waals surface area (Å²) < 4.78 is 0. The molecule has 1 heterocycles. The number of carbonyl (C=O) groups is 1. The minimum absolute atomic E-state index is 0.0807. The third-order valence-corrected chi connectivity index (χ3v) is 2.31. The summed E-state index contributed by atoms with van der Waals surface area (Å²) in [5, 5.41) is 3.14. The molecular weight excluding hydrogens is 168 g/mol. The fourth-order valence-electron chi connectivity index (χ4n) is 1.43. The van der Waals surface area contributed by atoms with Crippen LogP contribution < -0.4 is 16.8 Å². The lowest BCUT2D eigenvalue weighted by Crippen LogP contribution is -2.49. The van der Waals surface area contributed by atoms with Crippen molar-refractivity contribution < 1.29 is 4.79 Å². The van der Waals surface area contributed by atoms with Gasteiger partial charge in [-0.3, -0.25) is 10.1 Å². The molecule has 1 amide bonds. The van der Waals surface area contributed by atoms with Crippen molar-refractivity contribution in [1.29, 1.82) is 0 Å². The zero-order valence-electron chi connectivity index (χ0n) is 7.83. The van der Waals surface area contributed by atoms with E-state index in [2.05, 4.69) is 5.32 Å². The molecule has 1 aliphatic rings. The van der Waals surface area contributed by atoms with E-state index in [4.69, 9.17) is 11.5 Å². The van der Waals surface area contributed by atoms with Crippen LogP contribution in [0.3, 0.4) is 0 Å². The van der Waals surface area contributed by atoms with Crippen LogP contribution in [-0.4, -0.2) is 43.7 Å². The van der Waals surface area contributed by atoms with E-state index in [1.165, 1.54) is 0 Å². The Balaban J connectivity index is 2.44. The second kappa shape index (κ2) is 5.16. The summed E-state index contributed by atoms with van der Waals surface area (Å²) in [4.78, 5) is 13.5. The highest BCUT2D eigenvalue weighted by Crippen LogP contribution is 2.03. The van der Waals surface area contributed by atoms with Crippen LogP contribution >= 0.6 is 0 Å². The molecule has 5 heteroatoms. The van der Waals surface area contributed by atoms with Crippen LogP contribution in [0.4, 0.5) is 0 Å². The van der Waals surface area contributed by atoms with Gasteiger partial charge in [-0.25, -0.2) is 0 Å². The largest absolute Gasteiger partial charge is 0.330 e. The SMILES string of the molecule is NCC(CN)C(=O)N1CCCNC1. The number of rotatable bonds is 3. The Kier molecular flexibility index (Phi) is 4.14. The number of nitrogens with two attached hydrogens (primary N) is 2. The molecular formula is C8H18N4O. The van der Waals surface area contributed by atoms with Crippen LogP contribution in [-0.2, 0) is 4.79 Å². The fraction of sp³-hybridized carbons (Fsp3) is 0.875. The maximum Gasteiger partial charge on any atom is 0.229 e. The van der Waals surface area contributed by atoms with Gasteiger partial charge in [0, 0.05) is 19.6 Å². The Bertz CT molecular complexity index is 164. The summed E-state index contributed by atoms with van der Waals surface area (Å²) >= 11 is 0. The monoisotopic (exact) mass is 186 g/mol. The van der Waals surface area contributed by atoms with E-state index in [9.17, 15) is 4.79 Å². The van der Waals surface area contributed by atoms with Crippen molar-refractivity contribution in [3.05, 3.63) is 0 Å². The van der Waals surface area contributed by atoms with Gasteiger partial charge in [-0.05, 0) is 13.0 Å². The first-order chi connectivity index (χ1) is 6.29. The highest BCUT2D eigenvalue weighted by molar-refractivity contribution is 5.79.